The van der Waals surface area contributed by atoms with Crippen LogP contribution in [0.1, 0.15) is 19.3 Å². The summed E-state index contributed by atoms with van der Waals surface area (Å²) < 4.78 is 0. The van der Waals surface area contributed by atoms with Crippen LogP contribution in [0.4, 0.5) is 0 Å². The first-order chi connectivity index (χ1) is 6.33. The van der Waals surface area contributed by atoms with Crippen LogP contribution >= 0.6 is 11.8 Å². The zero-order chi connectivity index (χ0) is 9.52. The number of piperidine rings is 1. The molecule has 0 aromatic carbocycles. The topological polar surface area (TPSA) is 41.1 Å². The fraction of sp³-hybridized carbons (Fsp3) is 0.889. The molecule has 0 bridgehead atoms. The molecule has 1 saturated heterocycles. The van der Waals surface area contributed by atoms with Crippen molar-refractivity contribution in [1.82, 2.24) is 10.6 Å². The van der Waals surface area contributed by atoms with Crippen molar-refractivity contribution in [3.63, 3.8) is 0 Å². The Kier molecular flexibility index (Phi) is 5.23. The molecular weight excluding hydrogens is 184 g/mol. The van der Waals surface area contributed by atoms with Crippen molar-refractivity contribution in [3.05, 3.63) is 0 Å². The second kappa shape index (κ2) is 6.27. The third kappa shape index (κ3) is 4.52. The Bertz CT molecular complexity index is 158. The van der Waals surface area contributed by atoms with Crippen LogP contribution in [0.15, 0.2) is 0 Å². The lowest BCUT2D eigenvalue weighted by Gasteiger charge is -2.23. The van der Waals surface area contributed by atoms with Gasteiger partial charge in [-0.2, -0.15) is 11.8 Å². The summed E-state index contributed by atoms with van der Waals surface area (Å²) in [6, 6.07) is 0.364. The van der Waals surface area contributed by atoms with Crippen LogP contribution in [0.5, 0.6) is 0 Å². The van der Waals surface area contributed by atoms with Crippen molar-refractivity contribution in [1.29, 1.82) is 0 Å². The Labute approximate surface area is 84.0 Å². The summed E-state index contributed by atoms with van der Waals surface area (Å²) in [7, 11) is 0. The van der Waals surface area contributed by atoms with Gasteiger partial charge in [0.2, 0.25) is 5.91 Å². The average molecular weight is 202 g/mol. The minimum Gasteiger partial charge on any atom is -0.352 e. The van der Waals surface area contributed by atoms with E-state index < -0.39 is 0 Å². The first kappa shape index (κ1) is 10.9. The van der Waals surface area contributed by atoms with Crippen molar-refractivity contribution in [3.8, 4) is 0 Å². The molecule has 1 atom stereocenters. The molecule has 0 unspecified atom stereocenters. The Hall–Kier alpha value is -0.220. The van der Waals surface area contributed by atoms with E-state index in [1.54, 1.807) is 11.8 Å². The van der Waals surface area contributed by atoms with Gasteiger partial charge in [-0.1, -0.05) is 0 Å². The fourth-order valence-electron chi connectivity index (χ4n) is 1.47. The molecule has 0 aromatic rings. The van der Waals surface area contributed by atoms with Gasteiger partial charge in [-0.15, -0.1) is 0 Å². The lowest BCUT2D eigenvalue weighted by molar-refractivity contribution is -0.121. The monoisotopic (exact) mass is 202 g/mol. The summed E-state index contributed by atoms with van der Waals surface area (Å²) in [6.45, 7) is 2.03. The lowest BCUT2D eigenvalue weighted by atomic mass is 10.1. The molecule has 4 heteroatoms. The molecule has 2 N–H and O–H groups in total. The van der Waals surface area contributed by atoms with Gasteiger partial charge < -0.3 is 10.6 Å². The summed E-state index contributed by atoms with van der Waals surface area (Å²) >= 11 is 1.72. The van der Waals surface area contributed by atoms with E-state index in [9.17, 15) is 4.79 Å². The summed E-state index contributed by atoms with van der Waals surface area (Å²) in [5, 5.41) is 6.32. The maximum Gasteiger partial charge on any atom is 0.221 e. The second-order valence-corrected chi connectivity index (χ2v) is 4.34. The Morgan fingerprint density at radius 1 is 1.69 bits per heavy atom. The molecule has 3 nitrogen and oxygen atoms in total. The van der Waals surface area contributed by atoms with Gasteiger partial charge in [0.25, 0.3) is 0 Å². The number of amides is 1. The Morgan fingerprint density at radius 2 is 2.54 bits per heavy atom. The highest BCUT2D eigenvalue weighted by molar-refractivity contribution is 7.98. The van der Waals surface area contributed by atoms with Gasteiger partial charge in [0.1, 0.15) is 0 Å². The highest BCUT2D eigenvalue weighted by Gasteiger charge is 2.14. The molecule has 1 aliphatic heterocycles. The van der Waals surface area contributed by atoms with Crippen LogP contribution < -0.4 is 10.6 Å². The van der Waals surface area contributed by atoms with Gasteiger partial charge >= 0.3 is 0 Å². The van der Waals surface area contributed by atoms with Crippen molar-refractivity contribution in [2.45, 2.75) is 25.3 Å². The highest BCUT2D eigenvalue weighted by atomic mass is 32.2. The third-order valence-electron chi connectivity index (χ3n) is 2.20. The number of rotatable bonds is 4. The van der Waals surface area contributed by atoms with Crippen LogP contribution in [0.2, 0.25) is 0 Å². The van der Waals surface area contributed by atoms with Gasteiger partial charge in [-0.25, -0.2) is 0 Å². The predicted molar refractivity (Wildman–Crippen MR) is 57.0 cm³/mol. The summed E-state index contributed by atoms with van der Waals surface area (Å²) in [5.74, 6) is 1.12. The number of hydrogen-bond acceptors (Lipinski definition) is 3. The largest absolute Gasteiger partial charge is 0.352 e. The fourth-order valence-corrected chi connectivity index (χ4v) is 1.86. The minimum absolute atomic E-state index is 0.197. The minimum atomic E-state index is 0.197. The van der Waals surface area contributed by atoms with Crippen molar-refractivity contribution < 1.29 is 4.79 Å². The molecule has 0 radical (unpaired) electrons. The highest BCUT2D eigenvalue weighted by Crippen LogP contribution is 2.02. The number of nitrogens with one attached hydrogen (secondary N) is 2. The number of hydrogen-bond donors (Lipinski definition) is 2. The average Bonchev–Trinajstić information content (AvgIpc) is 2.16. The second-order valence-electron chi connectivity index (χ2n) is 3.35. The zero-order valence-corrected chi connectivity index (χ0v) is 8.95. The SMILES string of the molecule is CSCCC(=O)N[C@@H]1CCCNC1. The van der Waals surface area contributed by atoms with E-state index in [0.29, 0.717) is 12.5 Å². The lowest BCUT2D eigenvalue weighted by Crippen LogP contribution is -2.45. The Morgan fingerprint density at radius 3 is 3.15 bits per heavy atom. The predicted octanol–water partition coefficient (Wildman–Crippen LogP) is 0.608. The van der Waals surface area contributed by atoms with Crippen molar-refractivity contribution in [2.75, 3.05) is 25.1 Å². The maximum atomic E-state index is 11.3. The molecule has 1 rings (SSSR count). The van der Waals surface area contributed by atoms with E-state index in [2.05, 4.69) is 10.6 Å². The number of carbonyl (C=O) groups excluding carboxylic acids is 1. The van der Waals surface area contributed by atoms with Gasteiger partial charge in [0, 0.05) is 24.8 Å². The number of carbonyl (C=O) groups is 1. The van der Waals surface area contributed by atoms with Crippen LogP contribution in [0.25, 0.3) is 0 Å². The Balaban J connectivity index is 2.11. The molecule has 1 amide bonds. The molecule has 1 aliphatic rings. The molecule has 0 aromatic heterocycles. The van der Waals surface area contributed by atoms with E-state index in [-0.39, 0.29) is 5.91 Å². The van der Waals surface area contributed by atoms with E-state index in [4.69, 9.17) is 0 Å². The van der Waals surface area contributed by atoms with E-state index >= 15 is 0 Å². The van der Waals surface area contributed by atoms with E-state index in [0.717, 1.165) is 25.3 Å². The van der Waals surface area contributed by atoms with Crippen LogP contribution in [-0.4, -0.2) is 37.0 Å². The smallest absolute Gasteiger partial charge is 0.221 e. The summed E-state index contributed by atoms with van der Waals surface area (Å²) in [4.78, 5) is 11.3. The van der Waals surface area contributed by atoms with Crippen LogP contribution in [0.3, 0.4) is 0 Å². The normalized spacial score (nSPS) is 22.7. The van der Waals surface area contributed by atoms with E-state index in [1.807, 2.05) is 6.26 Å². The van der Waals surface area contributed by atoms with Crippen molar-refractivity contribution in [2.24, 2.45) is 0 Å². The molecule has 1 heterocycles. The third-order valence-corrected chi connectivity index (χ3v) is 2.81. The molecule has 1 fully saturated rings. The zero-order valence-electron chi connectivity index (χ0n) is 8.14. The first-order valence-corrected chi connectivity index (χ1v) is 6.21. The van der Waals surface area contributed by atoms with Gasteiger partial charge in [-0.3, -0.25) is 4.79 Å². The van der Waals surface area contributed by atoms with Crippen LogP contribution in [0, 0.1) is 0 Å². The van der Waals surface area contributed by atoms with Gasteiger partial charge in [0.15, 0.2) is 0 Å². The van der Waals surface area contributed by atoms with Gasteiger partial charge in [0.05, 0.1) is 0 Å². The van der Waals surface area contributed by atoms with E-state index in [1.165, 1.54) is 6.42 Å². The standard InChI is InChI=1S/C9H18N2OS/c1-13-6-4-9(12)11-8-3-2-5-10-7-8/h8,10H,2-7H2,1H3,(H,11,12)/t8-/m1/s1. The van der Waals surface area contributed by atoms with Crippen molar-refractivity contribution >= 4 is 17.7 Å². The molecular formula is C9H18N2OS. The molecule has 0 saturated carbocycles. The summed E-state index contributed by atoms with van der Waals surface area (Å²) in [5.41, 5.74) is 0. The van der Waals surface area contributed by atoms with Gasteiger partial charge in [-0.05, 0) is 25.6 Å². The first-order valence-electron chi connectivity index (χ1n) is 4.82. The molecule has 0 aliphatic carbocycles. The maximum absolute atomic E-state index is 11.3. The molecule has 0 spiro atoms. The molecule has 76 valence electrons. The number of thioether (sulfide) groups is 1. The quantitative estimate of drug-likeness (QED) is 0.702. The summed E-state index contributed by atoms with van der Waals surface area (Å²) in [6.07, 6.45) is 4.97. The molecule has 13 heavy (non-hydrogen) atoms. The van der Waals surface area contributed by atoms with Crippen LogP contribution in [-0.2, 0) is 4.79 Å².